The first-order valence-electron chi connectivity index (χ1n) is 5.93. The maximum atomic E-state index is 12.2. The topological polar surface area (TPSA) is 74.8 Å². The highest BCUT2D eigenvalue weighted by atomic mass is 32.1. The Hall–Kier alpha value is -1.76. The van der Waals surface area contributed by atoms with Crippen molar-refractivity contribution < 1.29 is 4.79 Å². The van der Waals surface area contributed by atoms with Crippen molar-refractivity contribution in [3.63, 3.8) is 0 Å². The molecule has 0 unspecified atom stereocenters. The van der Waals surface area contributed by atoms with Gasteiger partial charge in [-0.2, -0.15) is 0 Å². The number of carbonyl (C=O) groups excluding carboxylic acids is 1. The zero-order valence-corrected chi connectivity index (χ0v) is 12.3. The van der Waals surface area contributed by atoms with Crippen molar-refractivity contribution >= 4 is 17.2 Å². The minimum absolute atomic E-state index is 0.154. The molecule has 0 aliphatic rings. The van der Waals surface area contributed by atoms with E-state index >= 15 is 0 Å². The van der Waals surface area contributed by atoms with Gasteiger partial charge in [0.05, 0.1) is 17.7 Å². The van der Waals surface area contributed by atoms with Crippen molar-refractivity contribution in [3.05, 3.63) is 28.2 Å². The van der Waals surface area contributed by atoms with Crippen LogP contribution >= 0.6 is 11.3 Å². The van der Waals surface area contributed by atoms with Crippen molar-refractivity contribution in [1.29, 1.82) is 0 Å². The molecule has 0 atom stereocenters. The number of nitrogens with one attached hydrogen (secondary N) is 1. The highest BCUT2D eigenvalue weighted by molar-refractivity contribution is 7.07. The van der Waals surface area contributed by atoms with Crippen LogP contribution in [-0.2, 0) is 12.0 Å². The number of carbonyl (C=O) groups is 1. The monoisotopic (exact) mass is 279 g/mol. The van der Waals surface area contributed by atoms with Crippen LogP contribution in [0.2, 0.25) is 0 Å². The van der Waals surface area contributed by atoms with Crippen molar-refractivity contribution in [1.82, 2.24) is 25.1 Å². The molecule has 0 radical (unpaired) electrons. The lowest BCUT2D eigenvalue weighted by Gasteiger charge is -2.14. The number of amides is 1. The third-order valence-electron chi connectivity index (χ3n) is 2.62. The molecule has 0 saturated carbocycles. The molecule has 19 heavy (non-hydrogen) atoms. The lowest BCUT2D eigenvalue weighted by Crippen LogP contribution is -2.27. The molecule has 6 nitrogen and oxygen atoms in total. The van der Waals surface area contributed by atoms with E-state index in [9.17, 15) is 4.79 Å². The van der Waals surface area contributed by atoms with Gasteiger partial charge in [0.15, 0.2) is 0 Å². The summed E-state index contributed by atoms with van der Waals surface area (Å²) in [5, 5.41) is 8.72. The van der Waals surface area contributed by atoms with Crippen LogP contribution in [0.4, 0.5) is 0 Å². The molecule has 0 aliphatic carbocycles. The molecule has 102 valence electrons. The first-order valence-corrected chi connectivity index (χ1v) is 6.87. The zero-order valence-electron chi connectivity index (χ0n) is 11.5. The fourth-order valence-electron chi connectivity index (χ4n) is 1.49. The Morgan fingerprint density at radius 2 is 2.21 bits per heavy atom. The van der Waals surface area contributed by atoms with Crippen molar-refractivity contribution in [2.24, 2.45) is 0 Å². The van der Waals surface area contributed by atoms with Gasteiger partial charge in [-0.05, 0) is 0 Å². The summed E-state index contributed by atoms with van der Waals surface area (Å²) < 4.78 is 0. The Balaban J connectivity index is 2.09. The molecule has 0 aliphatic heterocycles. The van der Waals surface area contributed by atoms with E-state index < -0.39 is 0 Å². The highest BCUT2D eigenvalue weighted by Crippen LogP contribution is 2.17. The van der Waals surface area contributed by atoms with Gasteiger partial charge in [0, 0.05) is 17.8 Å². The normalized spacial score (nSPS) is 11.6. The van der Waals surface area contributed by atoms with Gasteiger partial charge in [0.2, 0.25) is 5.82 Å². The number of aromatic nitrogens is 4. The number of thiazole rings is 1. The third kappa shape index (κ3) is 3.17. The Morgan fingerprint density at radius 1 is 1.47 bits per heavy atom. The molecule has 2 aromatic rings. The van der Waals surface area contributed by atoms with Crippen molar-refractivity contribution in [3.8, 4) is 0 Å². The van der Waals surface area contributed by atoms with E-state index in [2.05, 4.69) is 20.2 Å². The molecular formula is C12H17N5OS. The van der Waals surface area contributed by atoms with Crippen LogP contribution in [0.3, 0.4) is 0 Å². The van der Waals surface area contributed by atoms with E-state index in [1.807, 2.05) is 26.2 Å². The molecule has 2 rings (SSSR count). The van der Waals surface area contributed by atoms with Gasteiger partial charge in [0.1, 0.15) is 5.82 Å². The van der Waals surface area contributed by atoms with E-state index in [4.69, 9.17) is 0 Å². The summed E-state index contributed by atoms with van der Waals surface area (Å²) in [6, 6.07) is 0. The molecule has 0 saturated heterocycles. The number of H-pyrrole nitrogens is 1. The van der Waals surface area contributed by atoms with Crippen LogP contribution in [-0.4, -0.2) is 38.0 Å². The second-order valence-corrected chi connectivity index (χ2v) is 6.12. The van der Waals surface area contributed by atoms with E-state index in [1.165, 1.54) is 11.3 Å². The lowest BCUT2D eigenvalue weighted by atomic mass is 9.96. The van der Waals surface area contributed by atoms with Gasteiger partial charge in [-0.3, -0.25) is 9.89 Å². The molecule has 0 spiro atoms. The van der Waals surface area contributed by atoms with Crippen LogP contribution < -0.4 is 0 Å². The maximum absolute atomic E-state index is 12.2. The number of hydrogen-bond acceptors (Lipinski definition) is 5. The minimum atomic E-state index is -0.209. The largest absolute Gasteiger partial charge is 0.333 e. The first-order chi connectivity index (χ1) is 8.88. The standard InChI is InChI=1S/C12H17N5OS/c1-12(2,3)11-14-9(15-16-11)10(18)17(4)5-8-6-19-7-13-8/h6-7H,5H2,1-4H3,(H,14,15,16). The predicted octanol–water partition coefficient (Wildman–Crippen LogP) is 1.83. The summed E-state index contributed by atoms with van der Waals surface area (Å²) in [6.07, 6.45) is 0. The maximum Gasteiger partial charge on any atom is 0.293 e. The SMILES string of the molecule is CN(Cc1cscn1)C(=O)c1n[nH]c(C(C)(C)C)n1. The van der Waals surface area contributed by atoms with Crippen LogP contribution in [0.1, 0.15) is 42.9 Å². The summed E-state index contributed by atoms with van der Waals surface area (Å²) in [7, 11) is 1.72. The fraction of sp³-hybridized carbons (Fsp3) is 0.500. The van der Waals surface area contributed by atoms with E-state index in [0.717, 1.165) is 5.69 Å². The number of hydrogen-bond donors (Lipinski definition) is 1. The molecule has 0 fully saturated rings. The predicted molar refractivity (Wildman–Crippen MR) is 73.0 cm³/mol. The van der Waals surface area contributed by atoms with Crippen LogP contribution in [0.5, 0.6) is 0 Å². The average molecular weight is 279 g/mol. The smallest absolute Gasteiger partial charge is 0.293 e. The van der Waals surface area contributed by atoms with Gasteiger partial charge in [0.25, 0.3) is 5.91 Å². The molecule has 2 aromatic heterocycles. The highest BCUT2D eigenvalue weighted by Gasteiger charge is 2.23. The second-order valence-electron chi connectivity index (χ2n) is 5.40. The quantitative estimate of drug-likeness (QED) is 0.930. The molecule has 1 N–H and O–H groups in total. The molecular weight excluding hydrogens is 262 g/mol. The summed E-state index contributed by atoms with van der Waals surface area (Å²) >= 11 is 1.51. The van der Waals surface area contributed by atoms with E-state index in [-0.39, 0.29) is 17.1 Å². The summed E-state index contributed by atoms with van der Waals surface area (Å²) in [6.45, 7) is 6.50. The molecule has 0 bridgehead atoms. The van der Waals surface area contributed by atoms with Crippen LogP contribution in [0, 0.1) is 0 Å². The van der Waals surface area contributed by atoms with Crippen LogP contribution in [0.15, 0.2) is 10.9 Å². The van der Waals surface area contributed by atoms with Gasteiger partial charge < -0.3 is 4.90 Å². The second kappa shape index (κ2) is 5.08. The molecule has 7 heteroatoms. The number of rotatable bonds is 3. The van der Waals surface area contributed by atoms with Gasteiger partial charge in [-0.1, -0.05) is 20.8 Å². The zero-order chi connectivity index (χ0) is 14.0. The molecule has 1 amide bonds. The lowest BCUT2D eigenvalue weighted by molar-refractivity contribution is 0.0772. The minimum Gasteiger partial charge on any atom is -0.333 e. The van der Waals surface area contributed by atoms with E-state index in [1.54, 1.807) is 17.5 Å². The Morgan fingerprint density at radius 3 is 2.74 bits per heavy atom. The van der Waals surface area contributed by atoms with Crippen molar-refractivity contribution in [2.45, 2.75) is 32.7 Å². The molecule has 0 aromatic carbocycles. The summed E-state index contributed by atoms with van der Waals surface area (Å²) in [5.74, 6) is 0.695. The van der Waals surface area contributed by atoms with Crippen molar-refractivity contribution in [2.75, 3.05) is 7.05 Å². The van der Waals surface area contributed by atoms with Gasteiger partial charge in [-0.15, -0.1) is 16.4 Å². The molecule has 2 heterocycles. The Labute approximate surface area is 115 Å². The van der Waals surface area contributed by atoms with E-state index in [0.29, 0.717) is 12.4 Å². The first kappa shape index (κ1) is 13.7. The number of nitrogens with zero attached hydrogens (tertiary/aromatic N) is 4. The average Bonchev–Trinajstić information content (AvgIpc) is 2.97. The fourth-order valence-corrected chi connectivity index (χ4v) is 2.04. The number of aromatic amines is 1. The van der Waals surface area contributed by atoms with Crippen LogP contribution in [0.25, 0.3) is 0 Å². The summed E-state index contributed by atoms with van der Waals surface area (Å²) in [4.78, 5) is 22.1. The Bertz CT molecular complexity index is 555. The summed E-state index contributed by atoms with van der Waals surface area (Å²) in [5.41, 5.74) is 2.46. The Kier molecular flexibility index (Phi) is 3.66. The van der Waals surface area contributed by atoms with Gasteiger partial charge in [-0.25, -0.2) is 9.97 Å². The third-order valence-corrected chi connectivity index (χ3v) is 3.25. The van der Waals surface area contributed by atoms with Gasteiger partial charge >= 0.3 is 0 Å².